The Morgan fingerprint density at radius 3 is 2.11 bits per heavy atom. The summed E-state index contributed by atoms with van der Waals surface area (Å²) in [7, 11) is 0. The maximum Gasteiger partial charge on any atom is 0.332 e. The number of carbonyl (C=O) groups is 2. The molecule has 0 saturated heterocycles. The zero-order chi connectivity index (χ0) is 7.02. The third-order valence-electron chi connectivity index (χ3n) is 1.09. The summed E-state index contributed by atoms with van der Waals surface area (Å²) < 4.78 is 0. The molecule has 0 saturated carbocycles. The van der Waals surface area contributed by atoms with Crippen LogP contribution in [0.15, 0.2) is 11.6 Å². The highest BCUT2D eigenvalue weighted by molar-refractivity contribution is 6.01. The molecule has 1 aliphatic carbocycles. The van der Waals surface area contributed by atoms with E-state index in [-0.39, 0.29) is 5.57 Å². The molecule has 0 aromatic carbocycles. The second kappa shape index (κ2) is 1.58. The molecule has 4 nitrogen and oxygen atoms in total. The van der Waals surface area contributed by atoms with Gasteiger partial charge in [0, 0.05) is 0 Å². The van der Waals surface area contributed by atoms with Gasteiger partial charge in [-0.05, 0) is 0 Å². The van der Waals surface area contributed by atoms with Crippen LogP contribution in [-0.4, -0.2) is 22.2 Å². The van der Waals surface area contributed by atoms with Crippen LogP contribution in [-0.2, 0) is 9.59 Å². The van der Waals surface area contributed by atoms with E-state index < -0.39 is 17.9 Å². The molecule has 1 aliphatic rings. The second-order valence-corrected chi connectivity index (χ2v) is 1.74. The average Bonchev–Trinajstić information content (AvgIpc) is 2.39. The Morgan fingerprint density at radius 2 is 2.00 bits per heavy atom. The molecule has 48 valence electrons. The summed E-state index contributed by atoms with van der Waals surface area (Å²) in [6.07, 6.45) is 1.20. The monoisotopic (exact) mass is 128 g/mol. The van der Waals surface area contributed by atoms with E-state index in [9.17, 15) is 9.59 Å². The molecule has 0 aliphatic heterocycles. The van der Waals surface area contributed by atoms with E-state index in [1.807, 2.05) is 0 Å². The first-order valence-corrected chi connectivity index (χ1v) is 2.30. The first-order chi connectivity index (χ1) is 4.13. The van der Waals surface area contributed by atoms with Crippen LogP contribution in [0.2, 0.25) is 0 Å². The zero-order valence-electron chi connectivity index (χ0n) is 4.37. The molecule has 0 fully saturated rings. The minimum absolute atomic E-state index is 0.0116. The predicted octanol–water partition coefficient (Wildman–Crippen LogP) is -0.288. The van der Waals surface area contributed by atoms with Crippen molar-refractivity contribution in [3.05, 3.63) is 11.6 Å². The van der Waals surface area contributed by atoms with E-state index in [0.717, 1.165) is 0 Å². The van der Waals surface area contributed by atoms with Gasteiger partial charge in [-0.2, -0.15) is 0 Å². The molecule has 1 atom stereocenters. The van der Waals surface area contributed by atoms with Gasteiger partial charge in [0.1, 0.15) is 5.92 Å². The summed E-state index contributed by atoms with van der Waals surface area (Å²) in [4.78, 5) is 19.9. The summed E-state index contributed by atoms with van der Waals surface area (Å²) in [5.41, 5.74) is -0.0116. The summed E-state index contributed by atoms with van der Waals surface area (Å²) >= 11 is 0. The lowest BCUT2D eigenvalue weighted by Crippen LogP contribution is -2.04. The molecule has 0 aromatic rings. The summed E-state index contributed by atoms with van der Waals surface area (Å²) in [5.74, 6) is -3.06. The van der Waals surface area contributed by atoms with Crippen LogP contribution in [0.1, 0.15) is 0 Å². The lowest BCUT2D eigenvalue weighted by atomic mass is 10.3. The second-order valence-electron chi connectivity index (χ2n) is 1.74. The van der Waals surface area contributed by atoms with E-state index in [4.69, 9.17) is 10.2 Å². The molecule has 1 rings (SSSR count). The van der Waals surface area contributed by atoms with Gasteiger partial charge in [0.25, 0.3) is 0 Å². The Balaban J connectivity index is 2.49. The normalized spacial score (nSPS) is 22.7. The van der Waals surface area contributed by atoms with Crippen LogP contribution in [0.25, 0.3) is 0 Å². The summed E-state index contributed by atoms with van der Waals surface area (Å²) in [6.45, 7) is 0. The van der Waals surface area contributed by atoms with Gasteiger partial charge in [-0.15, -0.1) is 0 Å². The largest absolute Gasteiger partial charge is 0.481 e. The fourth-order valence-electron chi connectivity index (χ4n) is 0.540. The molecule has 1 unspecified atom stereocenters. The van der Waals surface area contributed by atoms with Crippen LogP contribution in [0, 0.1) is 5.92 Å². The van der Waals surface area contributed by atoms with E-state index in [1.54, 1.807) is 0 Å². The van der Waals surface area contributed by atoms with E-state index in [2.05, 4.69) is 0 Å². The third-order valence-corrected chi connectivity index (χ3v) is 1.09. The average molecular weight is 128 g/mol. The highest BCUT2D eigenvalue weighted by atomic mass is 16.4. The van der Waals surface area contributed by atoms with Gasteiger partial charge in [-0.3, -0.25) is 4.79 Å². The fourth-order valence-corrected chi connectivity index (χ4v) is 0.540. The van der Waals surface area contributed by atoms with Crippen LogP contribution >= 0.6 is 0 Å². The van der Waals surface area contributed by atoms with Gasteiger partial charge in [0.2, 0.25) is 0 Å². The molecule has 0 aromatic heterocycles. The molecule has 4 heteroatoms. The predicted molar refractivity (Wildman–Crippen MR) is 26.8 cm³/mol. The number of carboxylic acids is 2. The summed E-state index contributed by atoms with van der Waals surface area (Å²) in [5, 5.41) is 16.3. The lowest BCUT2D eigenvalue weighted by molar-refractivity contribution is -0.140. The number of hydrogen-bond donors (Lipinski definition) is 2. The van der Waals surface area contributed by atoms with Crippen molar-refractivity contribution in [3.63, 3.8) is 0 Å². The maximum absolute atomic E-state index is 9.96. The fraction of sp³-hybridized carbons (Fsp3) is 0.200. The van der Waals surface area contributed by atoms with Crippen molar-refractivity contribution >= 4 is 11.9 Å². The van der Waals surface area contributed by atoms with Gasteiger partial charge in [0.15, 0.2) is 0 Å². The van der Waals surface area contributed by atoms with Crippen molar-refractivity contribution < 1.29 is 19.8 Å². The van der Waals surface area contributed by atoms with Crippen molar-refractivity contribution in [2.45, 2.75) is 0 Å². The van der Waals surface area contributed by atoms with Crippen LogP contribution in [0.5, 0.6) is 0 Å². The van der Waals surface area contributed by atoms with E-state index in [1.165, 1.54) is 6.08 Å². The molecule has 0 spiro atoms. The van der Waals surface area contributed by atoms with Gasteiger partial charge in [-0.25, -0.2) is 4.79 Å². The van der Waals surface area contributed by atoms with Crippen molar-refractivity contribution in [2.24, 2.45) is 5.92 Å². The minimum Gasteiger partial charge on any atom is -0.481 e. The standard InChI is InChI=1S/C5H4O4/c6-4(7)2-1-3(2)5(8)9/h1-2H,(H,6,7)(H,8,9). The minimum atomic E-state index is -1.14. The third kappa shape index (κ3) is 0.910. The van der Waals surface area contributed by atoms with Crippen molar-refractivity contribution in [3.8, 4) is 0 Å². The van der Waals surface area contributed by atoms with Crippen LogP contribution in [0.3, 0.4) is 0 Å². The highest BCUT2D eigenvalue weighted by Gasteiger charge is 2.36. The van der Waals surface area contributed by atoms with Gasteiger partial charge in [0.05, 0.1) is 5.57 Å². The highest BCUT2D eigenvalue weighted by Crippen LogP contribution is 2.28. The summed E-state index contributed by atoms with van der Waals surface area (Å²) in [6, 6.07) is 0. The topological polar surface area (TPSA) is 74.6 Å². The van der Waals surface area contributed by atoms with Gasteiger partial charge >= 0.3 is 11.9 Å². The number of hydrogen-bond acceptors (Lipinski definition) is 2. The molecular weight excluding hydrogens is 124 g/mol. The SMILES string of the molecule is O=C(O)C1=CC1C(=O)O. The van der Waals surface area contributed by atoms with Gasteiger partial charge < -0.3 is 10.2 Å². The number of carboxylic acid groups (broad SMARTS) is 2. The molecule has 0 heterocycles. The molecule has 0 amide bonds. The van der Waals surface area contributed by atoms with Crippen molar-refractivity contribution in [1.82, 2.24) is 0 Å². The van der Waals surface area contributed by atoms with Crippen molar-refractivity contribution in [2.75, 3.05) is 0 Å². The zero-order valence-corrected chi connectivity index (χ0v) is 4.37. The molecule has 0 bridgehead atoms. The van der Waals surface area contributed by atoms with E-state index in [0.29, 0.717) is 0 Å². The number of aliphatic carboxylic acids is 2. The molecule has 0 radical (unpaired) electrons. The first kappa shape index (κ1) is 5.81. The molecule has 2 N–H and O–H groups in total. The Kier molecular flexibility index (Phi) is 1.02. The quantitative estimate of drug-likeness (QED) is 0.536. The van der Waals surface area contributed by atoms with Crippen LogP contribution in [0.4, 0.5) is 0 Å². The maximum atomic E-state index is 9.96. The Labute approximate surface area is 50.4 Å². The lowest BCUT2D eigenvalue weighted by Gasteiger charge is -1.84. The molecule has 9 heavy (non-hydrogen) atoms. The van der Waals surface area contributed by atoms with Crippen molar-refractivity contribution in [1.29, 1.82) is 0 Å². The Bertz CT molecular complexity index is 203. The Morgan fingerprint density at radius 1 is 1.44 bits per heavy atom. The number of rotatable bonds is 2. The van der Waals surface area contributed by atoms with E-state index >= 15 is 0 Å². The van der Waals surface area contributed by atoms with Crippen LogP contribution < -0.4 is 0 Å². The first-order valence-electron chi connectivity index (χ1n) is 2.30. The Hall–Kier alpha value is -1.32. The smallest absolute Gasteiger partial charge is 0.332 e. The molecular formula is C5H4O4. The van der Waals surface area contributed by atoms with Gasteiger partial charge in [-0.1, -0.05) is 6.08 Å².